The van der Waals surface area contributed by atoms with Crippen LogP contribution in [0.2, 0.25) is 0 Å². The number of rotatable bonds is 6. The van der Waals surface area contributed by atoms with Gasteiger partial charge < -0.3 is 9.80 Å². The number of carbonyl (C=O) groups excluding carboxylic acids is 2. The van der Waals surface area contributed by atoms with Gasteiger partial charge in [-0.25, -0.2) is 0 Å². The van der Waals surface area contributed by atoms with Crippen LogP contribution in [-0.4, -0.2) is 58.5 Å². The number of hydrogen-bond acceptors (Lipinski definition) is 4. The van der Waals surface area contributed by atoms with E-state index in [1.54, 1.807) is 22.9 Å². The predicted molar refractivity (Wildman–Crippen MR) is 109 cm³/mol. The predicted octanol–water partition coefficient (Wildman–Crippen LogP) is 3.71. The molecule has 1 fully saturated rings. The van der Waals surface area contributed by atoms with E-state index in [4.69, 9.17) is 0 Å². The molecule has 0 bridgehead atoms. The van der Waals surface area contributed by atoms with E-state index in [-0.39, 0.29) is 11.5 Å². The highest BCUT2D eigenvalue weighted by Crippen LogP contribution is 2.29. The quantitative estimate of drug-likeness (QED) is 0.647. The fraction of sp³-hybridized carbons (Fsp3) is 0.381. The van der Waals surface area contributed by atoms with Crippen LogP contribution in [0.25, 0.3) is 0 Å². The monoisotopic (exact) mass is 437 g/mol. The van der Waals surface area contributed by atoms with Crippen LogP contribution >= 0.6 is 11.8 Å². The first-order valence-corrected chi connectivity index (χ1v) is 10.7. The van der Waals surface area contributed by atoms with Crippen molar-refractivity contribution in [3.05, 3.63) is 65.5 Å². The Labute approximate surface area is 177 Å². The van der Waals surface area contributed by atoms with Crippen molar-refractivity contribution in [3.63, 3.8) is 0 Å². The van der Waals surface area contributed by atoms with Crippen LogP contribution in [0.4, 0.5) is 13.2 Å². The molecule has 1 aliphatic heterocycles. The van der Waals surface area contributed by atoms with Crippen molar-refractivity contribution in [3.8, 4) is 0 Å². The molecule has 0 aliphatic carbocycles. The lowest BCUT2D eigenvalue weighted by atomic mass is 10.1. The fourth-order valence-electron chi connectivity index (χ4n) is 3.15. The molecule has 1 aliphatic rings. The SMILES string of the molecule is O=C(CCSCc1ccccn1)N1CCN(C(=O)c2cccc(C(F)(F)F)c2)CC1. The Balaban J connectivity index is 1.44. The van der Waals surface area contributed by atoms with E-state index in [9.17, 15) is 22.8 Å². The highest BCUT2D eigenvalue weighted by molar-refractivity contribution is 7.98. The lowest BCUT2D eigenvalue weighted by Crippen LogP contribution is -2.50. The van der Waals surface area contributed by atoms with Crippen LogP contribution in [0.3, 0.4) is 0 Å². The second-order valence-corrected chi connectivity index (χ2v) is 7.98. The molecule has 1 aromatic carbocycles. The first-order valence-electron chi connectivity index (χ1n) is 9.56. The molecule has 0 saturated carbocycles. The summed E-state index contributed by atoms with van der Waals surface area (Å²) in [6.45, 7) is 1.38. The molecule has 0 atom stereocenters. The maximum atomic E-state index is 12.9. The van der Waals surface area contributed by atoms with Gasteiger partial charge in [0.2, 0.25) is 5.91 Å². The van der Waals surface area contributed by atoms with Crippen molar-refractivity contribution in [2.24, 2.45) is 0 Å². The zero-order valence-corrected chi connectivity index (χ0v) is 17.1. The first-order chi connectivity index (χ1) is 14.3. The Morgan fingerprint density at radius 1 is 1.00 bits per heavy atom. The van der Waals surface area contributed by atoms with Crippen molar-refractivity contribution in [1.82, 2.24) is 14.8 Å². The van der Waals surface area contributed by atoms with Gasteiger partial charge in [0, 0.05) is 55.9 Å². The molecule has 0 spiro atoms. The smallest absolute Gasteiger partial charge is 0.339 e. The summed E-state index contributed by atoms with van der Waals surface area (Å²) in [5.41, 5.74) is 0.137. The van der Waals surface area contributed by atoms with E-state index in [0.29, 0.717) is 38.4 Å². The number of nitrogens with zero attached hydrogens (tertiary/aromatic N) is 3. The van der Waals surface area contributed by atoms with Gasteiger partial charge in [-0.2, -0.15) is 24.9 Å². The zero-order valence-electron chi connectivity index (χ0n) is 16.3. The second-order valence-electron chi connectivity index (χ2n) is 6.88. The van der Waals surface area contributed by atoms with E-state index in [2.05, 4.69) is 4.98 Å². The number of hydrogen-bond donors (Lipinski definition) is 0. The van der Waals surface area contributed by atoms with Gasteiger partial charge in [-0.05, 0) is 30.3 Å². The molecule has 9 heteroatoms. The molecule has 5 nitrogen and oxygen atoms in total. The number of piperazine rings is 1. The number of halogens is 3. The summed E-state index contributed by atoms with van der Waals surface area (Å²) >= 11 is 1.64. The number of alkyl halides is 3. The summed E-state index contributed by atoms with van der Waals surface area (Å²) in [4.78, 5) is 32.4. The number of benzene rings is 1. The molecule has 2 heterocycles. The lowest BCUT2D eigenvalue weighted by molar-refractivity contribution is -0.137. The zero-order chi connectivity index (χ0) is 21.6. The third kappa shape index (κ3) is 5.98. The molecule has 1 saturated heterocycles. The Morgan fingerprint density at radius 2 is 1.73 bits per heavy atom. The standard InChI is InChI=1S/C21H22F3N3O2S/c22-21(23,24)17-5-3-4-16(14-17)20(29)27-11-9-26(10-12-27)19(28)7-13-30-15-18-6-1-2-8-25-18/h1-6,8,14H,7,9-13,15H2. The number of amides is 2. The minimum atomic E-state index is -4.49. The average Bonchev–Trinajstić information content (AvgIpc) is 2.76. The minimum absolute atomic E-state index is 0.00974. The van der Waals surface area contributed by atoms with E-state index in [0.717, 1.165) is 23.6 Å². The maximum absolute atomic E-state index is 12.9. The van der Waals surface area contributed by atoms with Crippen molar-refractivity contribution >= 4 is 23.6 Å². The summed E-state index contributed by atoms with van der Waals surface area (Å²) in [7, 11) is 0. The summed E-state index contributed by atoms with van der Waals surface area (Å²) < 4.78 is 38.6. The summed E-state index contributed by atoms with van der Waals surface area (Å²) in [5, 5.41) is 0. The summed E-state index contributed by atoms with van der Waals surface area (Å²) in [6.07, 6.45) is -2.35. The largest absolute Gasteiger partial charge is 0.416 e. The Bertz CT molecular complexity index is 869. The van der Waals surface area contributed by atoms with E-state index in [1.807, 2.05) is 18.2 Å². The number of carbonyl (C=O) groups is 2. The summed E-state index contributed by atoms with van der Waals surface area (Å²) in [5.74, 6) is 1.00. The van der Waals surface area contributed by atoms with Crippen LogP contribution in [-0.2, 0) is 16.7 Å². The molecule has 1 aromatic heterocycles. The van der Waals surface area contributed by atoms with Crippen molar-refractivity contribution < 1.29 is 22.8 Å². The lowest BCUT2D eigenvalue weighted by Gasteiger charge is -2.35. The Morgan fingerprint density at radius 3 is 2.40 bits per heavy atom. The van der Waals surface area contributed by atoms with Crippen LogP contribution in [0.15, 0.2) is 48.7 Å². The molecule has 0 unspecified atom stereocenters. The number of thioether (sulfide) groups is 1. The Kier molecular flexibility index (Phi) is 7.36. The molecule has 2 aromatic rings. The minimum Gasteiger partial charge on any atom is -0.339 e. The third-order valence-electron chi connectivity index (χ3n) is 4.79. The molecule has 30 heavy (non-hydrogen) atoms. The normalized spacial score (nSPS) is 14.6. The first kappa shape index (κ1) is 22.1. The molecule has 2 amide bonds. The van der Waals surface area contributed by atoms with Gasteiger partial charge >= 0.3 is 6.18 Å². The molecular formula is C21H22F3N3O2S. The van der Waals surface area contributed by atoms with Crippen molar-refractivity contribution in [1.29, 1.82) is 0 Å². The van der Waals surface area contributed by atoms with Crippen LogP contribution in [0, 0.1) is 0 Å². The average molecular weight is 437 g/mol. The molecule has 160 valence electrons. The molecule has 0 radical (unpaired) electrons. The topological polar surface area (TPSA) is 53.5 Å². The molecule has 3 rings (SSSR count). The van der Waals surface area contributed by atoms with Gasteiger partial charge in [0.1, 0.15) is 0 Å². The van der Waals surface area contributed by atoms with E-state index >= 15 is 0 Å². The third-order valence-corrected chi connectivity index (χ3v) is 5.79. The van der Waals surface area contributed by atoms with Crippen LogP contribution in [0.5, 0.6) is 0 Å². The number of aromatic nitrogens is 1. The van der Waals surface area contributed by atoms with Crippen molar-refractivity contribution in [2.75, 3.05) is 31.9 Å². The van der Waals surface area contributed by atoms with Gasteiger partial charge in [0.15, 0.2) is 0 Å². The second kappa shape index (κ2) is 9.97. The van der Waals surface area contributed by atoms with Gasteiger partial charge in [-0.1, -0.05) is 12.1 Å². The number of pyridine rings is 1. The van der Waals surface area contributed by atoms with Crippen LogP contribution < -0.4 is 0 Å². The van der Waals surface area contributed by atoms with Gasteiger partial charge in [-0.3, -0.25) is 14.6 Å². The fourth-order valence-corrected chi connectivity index (χ4v) is 3.99. The van der Waals surface area contributed by atoms with Crippen molar-refractivity contribution in [2.45, 2.75) is 18.3 Å². The Hall–Kier alpha value is -2.55. The maximum Gasteiger partial charge on any atom is 0.416 e. The molecular weight excluding hydrogens is 415 g/mol. The van der Waals surface area contributed by atoms with Gasteiger partial charge in [0.25, 0.3) is 5.91 Å². The van der Waals surface area contributed by atoms with E-state index in [1.165, 1.54) is 17.0 Å². The van der Waals surface area contributed by atoms with Gasteiger partial charge in [0.05, 0.1) is 11.3 Å². The summed E-state index contributed by atoms with van der Waals surface area (Å²) in [6, 6.07) is 10.2. The van der Waals surface area contributed by atoms with Gasteiger partial charge in [-0.15, -0.1) is 0 Å². The highest BCUT2D eigenvalue weighted by Gasteiger charge is 2.32. The highest BCUT2D eigenvalue weighted by atomic mass is 32.2. The van der Waals surface area contributed by atoms with E-state index < -0.39 is 17.6 Å². The van der Waals surface area contributed by atoms with Crippen LogP contribution in [0.1, 0.15) is 28.0 Å². The molecule has 0 N–H and O–H groups in total.